The summed E-state index contributed by atoms with van der Waals surface area (Å²) < 4.78 is 21.0. The monoisotopic (exact) mass is 356 g/mol. The Kier molecular flexibility index (Phi) is 6.68. The number of carbonyl (C=O) groups excluding carboxylic acids is 1. The molecule has 0 saturated carbocycles. The van der Waals surface area contributed by atoms with E-state index in [2.05, 4.69) is 5.32 Å². The summed E-state index contributed by atoms with van der Waals surface area (Å²) in [6, 6.07) is 12.2. The van der Waals surface area contributed by atoms with E-state index < -0.39 is 0 Å². The van der Waals surface area contributed by atoms with Gasteiger partial charge in [0.25, 0.3) is 5.91 Å². The minimum absolute atomic E-state index is 0.171. The molecule has 2 aromatic rings. The highest BCUT2D eigenvalue weighted by atomic mass is 16.5. The van der Waals surface area contributed by atoms with Crippen LogP contribution in [0.15, 0.2) is 36.4 Å². The van der Waals surface area contributed by atoms with Crippen LogP contribution >= 0.6 is 0 Å². The van der Waals surface area contributed by atoms with Gasteiger partial charge in [0, 0.05) is 12.6 Å². The third-order valence-corrected chi connectivity index (χ3v) is 3.59. The zero-order valence-electron chi connectivity index (χ0n) is 14.9. The number of hydrogen-bond acceptors (Lipinski definition) is 6. The Morgan fingerprint density at radius 2 is 1.62 bits per heavy atom. The Bertz CT molecular complexity index is 814. The number of nitrogens with zero attached hydrogens (tertiary/aromatic N) is 1. The summed E-state index contributed by atoms with van der Waals surface area (Å²) in [7, 11) is 4.59. The molecule has 1 amide bonds. The van der Waals surface area contributed by atoms with Gasteiger partial charge in [0.15, 0.2) is 29.6 Å². The predicted octanol–water partition coefficient (Wildman–Crippen LogP) is 2.28. The lowest BCUT2D eigenvalue weighted by atomic mass is 10.2. The molecule has 0 atom stereocenters. The first-order valence-corrected chi connectivity index (χ1v) is 7.79. The predicted molar refractivity (Wildman–Crippen MR) is 94.6 cm³/mol. The van der Waals surface area contributed by atoms with Gasteiger partial charge in [-0.2, -0.15) is 5.26 Å². The van der Waals surface area contributed by atoms with E-state index in [0.29, 0.717) is 35.1 Å². The first-order chi connectivity index (χ1) is 12.6. The molecular weight excluding hydrogens is 336 g/mol. The van der Waals surface area contributed by atoms with E-state index in [1.807, 2.05) is 12.1 Å². The molecule has 0 heterocycles. The molecule has 0 aliphatic rings. The molecular formula is C19H20N2O5. The van der Waals surface area contributed by atoms with Crippen LogP contribution in [0.4, 0.5) is 0 Å². The van der Waals surface area contributed by atoms with Crippen LogP contribution < -0.4 is 24.3 Å². The molecule has 0 saturated heterocycles. The molecule has 0 spiro atoms. The van der Waals surface area contributed by atoms with Crippen molar-refractivity contribution in [3.05, 3.63) is 47.5 Å². The zero-order chi connectivity index (χ0) is 18.9. The van der Waals surface area contributed by atoms with Crippen LogP contribution in [0.5, 0.6) is 23.0 Å². The first kappa shape index (κ1) is 18.9. The second-order valence-electron chi connectivity index (χ2n) is 5.23. The van der Waals surface area contributed by atoms with Gasteiger partial charge < -0.3 is 24.3 Å². The van der Waals surface area contributed by atoms with Gasteiger partial charge >= 0.3 is 0 Å². The molecule has 7 heteroatoms. The van der Waals surface area contributed by atoms with E-state index in [-0.39, 0.29) is 12.5 Å². The van der Waals surface area contributed by atoms with Crippen molar-refractivity contribution in [2.75, 3.05) is 27.9 Å². The van der Waals surface area contributed by atoms with E-state index in [1.54, 1.807) is 44.6 Å². The van der Waals surface area contributed by atoms with E-state index in [4.69, 9.17) is 24.2 Å². The smallest absolute Gasteiger partial charge is 0.258 e. The number of hydrogen-bond donors (Lipinski definition) is 1. The molecule has 0 unspecified atom stereocenters. The fraction of sp³-hybridized carbons (Fsp3) is 0.263. The van der Waals surface area contributed by atoms with E-state index in [0.717, 1.165) is 5.56 Å². The van der Waals surface area contributed by atoms with Crippen molar-refractivity contribution < 1.29 is 23.7 Å². The summed E-state index contributed by atoms with van der Waals surface area (Å²) in [5, 5.41) is 11.7. The largest absolute Gasteiger partial charge is 0.493 e. The Morgan fingerprint density at radius 1 is 0.962 bits per heavy atom. The van der Waals surface area contributed by atoms with Crippen LogP contribution in [0.3, 0.4) is 0 Å². The van der Waals surface area contributed by atoms with Crippen molar-refractivity contribution in [3.8, 4) is 29.1 Å². The summed E-state index contributed by atoms with van der Waals surface area (Å²) in [5.74, 6) is 1.73. The van der Waals surface area contributed by atoms with Crippen molar-refractivity contribution in [2.45, 2.75) is 6.54 Å². The minimum Gasteiger partial charge on any atom is -0.493 e. The van der Waals surface area contributed by atoms with Crippen LogP contribution in [-0.4, -0.2) is 33.8 Å². The number of carbonyl (C=O) groups is 1. The third kappa shape index (κ3) is 4.80. The van der Waals surface area contributed by atoms with Gasteiger partial charge in [-0.3, -0.25) is 4.79 Å². The standard InChI is InChI=1S/C19H20N2O5/c1-23-15-6-5-14(9-17(15)24-2)11-21-19(22)12-26-16-7-4-13(10-20)8-18(16)25-3/h4-9H,11-12H2,1-3H3,(H,21,22). The van der Waals surface area contributed by atoms with Crippen molar-refractivity contribution >= 4 is 5.91 Å². The van der Waals surface area contributed by atoms with Gasteiger partial charge in [-0.25, -0.2) is 0 Å². The summed E-state index contributed by atoms with van der Waals surface area (Å²) in [4.78, 5) is 12.0. The average molecular weight is 356 g/mol. The molecule has 2 aromatic carbocycles. The van der Waals surface area contributed by atoms with E-state index >= 15 is 0 Å². The van der Waals surface area contributed by atoms with Crippen LogP contribution in [0.25, 0.3) is 0 Å². The number of benzene rings is 2. The molecule has 0 aliphatic heterocycles. The molecule has 1 N–H and O–H groups in total. The summed E-state index contributed by atoms with van der Waals surface area (Å²) >= 11 is 0. The quantitative estimate of drug-likeness (QED) is 0.780. The lowest BCUT2D eigenvalue weighted by Crippen LogP contribution is -2.28. The van der Waals surface area contributed by atoms with Crippen LogP contribution in [0.1, 0.15) is 11.1 Å². The van der Waals surface area contributed by atoms with Gasteiger partial charge in [0.1, 0.15) is 0 Å². The summed E-state index contributed by atoms with van der Waals surface area (Å²) in [6.45, 7) is 0.155. The maximum atomic E-state index is 12.0. The molecule has 7 nitrogen and oxygen atoms in total. The normalized spacial score (nSPS) is 9.77. The number of methoxy groups -OCH3 is 3. The zero-order valence-corrected chi connectivity index (χ0v) is 14.9. The second-order valence-corrected chi connectivity index (χ2v) is 5.23. The van der Waals surface area contributed by atoms with Gasteiger partial charge in [0.2, 0.25) is 0 Å². The van der Waals surface area contributed by atoms with E-state index in [1.165, 1.54) is 7.11 Å². The number of amides is 1. The minimum atomic E-state index is -0.286. The number of nitrogens with one attached hydrogen (secondary N) is 1. The SMILES string of the molecule is COc1ccc(CNC(=O)COc2ccc(C#N)cc2OC)cc1OC. The van der Waals surface area contributed by atoms with E-state index in [9.17, 15) is 4.79 Å². The highest BCUT2D eigenvalue weighted by Crippen LogP contribution is 2.28. The molecule has 0 aliphatic carbocycles. The first-order valence-electron chi connectivity index (χ1n) is 7.79. The highest BCUT2D eigenvalue weighted by Gasteiger charge is 2.10. The van der Waals surface area contributed by atoms with Gasteiger partial charge in [0.05, 0.1) is 33.0 Å². The maximum absolute atomic E-state index is 12.0. The fourth-order valence-corrected chi connectivity index (χ4v) is 2.24. The van der Waals surface area contributed by atoms with Crippen LogP contribution in [0.2, 0.25) is 0 Å². The van der Waals surface area contributed by atoms with Crippen molar-refractivity contribution in [1.82, 2.24) is 5.32 Å². The molecule has 0 fully saturated rings. The number of ether oxygens (including phenoxy) is 4. The summed E-state index contributed by atoms with van der Waals surface area (Å²) in [5.41, 5.74) is 1.32. The number of nitriles is 1. The second kappa shape index (κ2) is 9.18. The average Bonchev–Trinajstić information content (AvgIpc) is 2.70. The Balaban J connectivity index is 1.91. The van der Waals surface area contributed by atoms with Gasteiger partial charge in [-0.15, -0.1) is 0 Å². The molecule has 0 bridgehead atoms. The lowest BCUT2D eigenvalue weighted by molar-refractivity contribution is -0.123. The van der Waals surface area contributed by atoms with Crippen molar-refractivity contribution in [3.63, 3.8) is 0 Å². The summed E-state index contributed by atoms with van der Waals surface area (Å²) in [6.07, 6.45) is 0. The van der Waals surface area contributed by atoms with Crippen molar-refractivity contribution in [2.24, 2.45) is 0 Å². The Morgan fingerprint density at radius 3 is 2.27 bits per heavy atom. The Hall–Kier alpha value is -3.40. The van der Waals surface area contributed by atoms with Crippen LogP contribution in [0, 0.1) is 11.3 Å². The fourth-order valence-electron chi connectivity index (χ4n) is 2.24. The molecule has 26 heavy (non-hydrogen) atoms. The molecule has 0 radical (unpaired) electrons. The molecule has 0 aromatic heterocycles. The van der Waals surface area contributed by atoms with Gasteiger partial charge in [-0.05, 0) is 29.8 Å². The van der Waals surface area contributed by atoms with Crippen LogP contribution in [-0.2, 0) is 11.3 Å². The number of rotatable bonds is 8. The molecule has 136 valence electrons. The highest BCUT2D eigenvalue weighted by molar-refractivity contribution is 5.77. The van der Waals surface area contributed by atoms with Gasteiger partial charge in [-0.1, -0.05) is 6.07 Å². The molecule has 2 rings (SSSR count). The lowest BCUT2D eigenvalue weighted by Gasteiger charge is -2.12. The Labute approximate surface area is 152 Å². The maximum Gasteiger partial charge on any atom is 0.258 e. The topological polar surface area (TPSA) is 89.8 Å². The third-order valence-electron chi connectivity index (χ3n) is 3.59. The van der Waals surface area contributed by atoms with Crippen molar-refractivity contribution in [1.29, 1.82) is 5.26 Å².